The van der Waals surface area contributed by atoms with Crippen LogP contribution in [0.25, 0.3) is 11.1 Å². The van der Waals surface area contributed by atoms with E-state index in [0.29, 0.717) is 43.3 Å². The van der Waals surface area contributed by atoms with Crippen molar-refractivity contribution in [3.8, 4) is 16.9 Å². The lowest BCUT2D eigenvalue weighted by atomic mass is 9.85. The lowest BCUT2D eigenvalue weighted by molar-refractivity contribution is 0.101. The Balaban J connectivity index is 1.71. The maximum atomic E-state index is 12.2. The SMILES string of the molecule is CCc1ccnc(COc2ccc(C(C)=O)cc2-c2ccc3c(c2)CCN(C(=O)O)CC3CC(C)C)c1. The fourth-order valence-electron chi connectivity index (χ4n) is 5.12. The zero-order valence-corrected chi connectivity index (χ0v) is 22.2. The summed E-state index contributed by atoms with van der Waals surface area (Å²) in [6.07, 6.45) is 3.44. The first kappa shape index (κ1) is 26.4. The molecule has 0 radical (unpaired) electrons. The van der Waals surface area contributed by atoms with Gasteiger partial charge in [0.15, 0.2) is 5.78 Å². The molecule has 1 unspecified atom stereocenters. The minimum atomic E-state index is -0.868. The van der Waals surface area contributed by atoms with Gasteiger partial charge in [-0.05, 0) is 84.7 Å². The third kappa shape index (κ3) is 6.37. The molecule has 0 fully saturated rings. The van der Waals surface area contributed by atoms with Gasteiger partial charge in [-0.25, -0.2) is 4.79 Å². The van der Waals surface area contributed by atoms with E-state index in [-0.39, 0.29) is 11.7 Å². The summed E-state index contributed by atoms with van der Waals surface area (Å²) in [4.78, 5) is 30.0. The van der Waals surface area contributed by atoms with Crippen molar-refractivity contribution >= 4 is 11.9 Å². The van der Waals surface area contributed by atoms with Gasteiger partial charge in [-0.3, -0.25) is 9.78 Å². The van der Waals surface area contributed by atoms with Crippen molar-refractivity contribution in [2.75, 3.05) is 13.1 Å². The molecule has 37 heavy (non-hydrogen) atoms. The van der Waals surface area contributed by atoms with Gasteiger partial charge < -0.3 is 14.7 Å². The first-order valence-electron chi connectivity index (χ1n) is 13.1. The summed E-state index contributed by atoms with van der Waals surface area (Å²) >= 11 is 0. The largest absolute Gasteiger partial charge is 0.487 e. The van der Waals surface area contributed by atoms with E-state index in [1.165, 1.54) is 16.0 Å². The number of nitrogens with zero attached hydrogens (tertiary/aromatic N) is 2. The molecule has 1 aromatic heterocycles. The molecule has 1 atom stereocenters. The molecule has 6 nitrogen and oxygen atoms in total. The third-order valence-electron chi connectivity index (χ3n) is 7.06. The second kappa shape index (κ2) is 11.6. The monoisotopic (exact) mass is 500 g/mol. The molecule has 1 aliphatic rings. The highest BCUT2D eigenvalue weighted by molar-refractivity contribution is 5.96. The molecule has 194 valence electrons. The maximum absolute atomic E-state index is 12.2. The van der Waals surface area contributed by atoms with Crippen LogP contribution in [0.15, 0.2) is 54.7 Å². The van der Waals surface area contributed by atoms with Crippen molar-refractivity contribution in [3.63, 3.8) is 0 Å². The number of hydrogen-bond acceptors (Lipinski definition) is 4. The van der Waals surface area contributed by atoms with E-state index in [4.69, 9.17) is 4.74 Å². The molecule has 2 heterocycles. The molecule has 1 amide bonds. The Kier molecular flexibility index (Phi) is 8.27. The number of aryl methyl sites for hydroxylation is 1. The standard InChI is InChI=1S/C31H36N2O4/c1-5-22-10-12-32-27(15-22)19-37-30-9-7-23(21(4)34)17-29(30)24-6-8-28-25(16-24)11-13-33(31(35)36)18-26(28)14-20(2)3/h6-10,12,15-17,20,26H,5,11,13-14,18-19H2,1-4H3,(H,35,36). The minimum absolute atomic E-state index is 0.00558. The second-order valence-corrected chi connectivity index (χ2v) is 10.3. The van der Waals surface area contributed by atoms with Gasteiger partial charge in [0, 0.05) is 36.3 Å². The number of benzene rings is 2. The average molecular weight is 501 g/mol. The highest BCUT2D eigenvalue weighted by Crippen LogP contribution is 2.37. The normalized spacial score (nSPS) is 15.3. The molecular weight excluding hydrogens is 464 g/mol. The van der Waals surface area contributed by atoms with Crippen molar-refractivity contribution in [1.82, 2.24) is 9.88 Å². The van der Waals surface area contributed by atoms with E-state index >= 15 is 0 Å². The fraction of sp³-hybridized carbons (Fsp3) is 0.387. The van der Waals surface area contributed by atoms with Gasteiger partial charge in [-0.2, -0.15) is 0 Å². The summed E-state index contributed by atoms with van der Waals surface area (Å²) < 4.78 is 6.24. The number of ketones is 1. The van der Waals surface area contributed by atoms with Crippen molar-refractivity contribution in [1.29, 1.82) is 0 Å². The van der Waals surface area contributed by atoms with Crippen molar-refractivity contribution in [3.05, 3.63) is 82.7 Å². The van der Waals surface area contributed by atoms with Crippen molar-refractivity contribution in [2.24, 2.45) is 5.92 Å². The Morgan fingerprint density at radius 2 is 1.95 bits per heavy atom. The summed E-state index contributed by atoms with van der Waals surface area (Å²) in [5.41, 5.74) is 6.86. The number of pyridine rings is 1. The summed E-state index contributed by atoms with van der Waals surface area (Å²) in [5, 5.41) is 9.70. The van der Waals surface area contributed by atoms with Gasteiger partial charge >= 0.3 is 6.09 Å². The number of carbonyl (C=O) groups excluding carboxylic acids is 1. The number of hydrogen-bond donors (Lipinski definition) is 1. The zero-order valence-electron chi connectivity index (χ0n) is 22.2. The Morgan fingerprint density at radius 1 is 1.14 bits per heavy atom. The van der Waals surface area contributed by atoms with Crippen LogP contribution in [0.2, 0.25) is 0 Å². The lowest BCUT2D eigenvalue weighted by Gasteiger charge is -2.24. The second-order valence-electron chi connectivity index (χ2n) is 10.3. The van der Waals surface area contributed by atoms with Gasteiger partial charge in [0.25, 0.3) is 0 Å². The molecule has 0 saturated carbocycles. The maximum Gasteiger partial charge on any atom is 0.407 e. The zero-order chi connectivity index (χ0) is 26.5. The number of ether oxygens (including phenoxy) is 1. The predicted octanol–water partition coefficient (Wildman–Crippen LogP) is 6.76. The quantitative estimate of drug-likeness (QED) is 0.346. The smallest absolute Gasteiger partial charge is 0.407 e. The number of fused-ring (bicyclic) bond motifs is 1. The summed E-state index contributed by atoms with van der Waals surface area (Å²) in [7, 11) is 0. The van der Waals surface area contributed by atoms with E-state index in [9.17, 15) is 14.7 Å². The van der Waals surface area contributed by atoms with Crippen LogP contribution >= 0.6 is 0 Å². The molecule has 0 saturated heterocycles. The summed E-state index contributed by atoms with van der Waals surface area (Å²) in [6, 6.07) is 16.0. The van der Waals surface area contributed by atoms with Crippen molar-refractivity contribution < 1.29 is 19.4 Å². The Morgan fingerprint density at radius 3 is 2.65 bits per heavy atom. The summed E-state index contributed by atoms with van der Waals surface area (Å²) in [5.74, 6) is 1.29. The first-order valence-corrected chi connectivity index (χ1v) is 13.1. The molecule has 0 bridgehead atoms. The average Bonchev–Trinajstić information content (AvgIpc) is 3.06. The molecular formula is C31H36N2O4. The molecule has 1 aliphatic heterocycles. The Hall–Kier alpha value is -3.67. The predicted molar refractivity (Wildman–Crippen MR) is 145 cm³/mol. The number of carbonyl (C=O) groups is 2. The Bertz CT molecular complexity index is 1280. The number of Topliss-reactive ketones (excluding diaryl/α,β-unsaturated/α-hetero) is 1. The van der Waals surface area contributed by atoms with Crippen LogP contribution in [0.5, 0.6) is 5.75 Å². The minimum Gasteiger partial charge on any atom is -0.487 e. The number of carboxylic acid groups (broad SMARTS) is 1. The van der Waals surface area contributed by atoms with E-state index in [2.05, 4.69) is 50.0 Å². The van der Waals surface area contributed by atoms with Gasteiger partial charge in [-0.15, -0.1) is 0 Å². The molecule has 0 spiro atoms. The van der Waals surface area contributed by atoms with E-state index in [0.717, 1.165) is 35.2 Å². The molecule has 3 aromatic rings. The fourth-order valence-corrected chi connectivity index (χ4v) is 5.12. The third-order valence-corrected chi connectivity index (χ3v) is 7.06. The highest BCUT2D eigenvalue weighted by Gasteiger charge is 2.27. The summed E-state index contributed by atoms with van der Waals surface area (Å²) in [6.45, 7) is 9.33. The van der Waals surface area contributed by atoms with Crippen LogP contribution in [-0.4, -0.2) is 40.0 Å². The molecule has 6 heteroatoms. The van der Waals surface area contributed by atoms with Crippen LogP contribution in [0, 0.1) is 5.92 Å². The van der Waals surface area contributed by atoms with Crippen LogP contribution < -0.4 is 4.74 Å². The van der Waals surface area contributed by atoms with E-state index in [1.54, 1.807) is 19.2 Å². The Labute approximate surface area is 219 Å². The number of rotatable bonds is 8. The van der Waals surface area contributed by atoms with Crippen LogP contribution in [0.1, 0.15) is 72.8 Å². The first-order chi connectivity index (χ1) is 17.7. The van der Waals surface area contributed by atoms with E-state index in [1.807, 2.05) is 18.2 Å². The lowest BCUT2D eigenvalue weighted by Crippen LogP contribution is -2.33. The van der Waals surface area contributed by atoms with Gasteiger partial charge in [-0.1, -0.05) is 39.0 Å². The molecule has 0 aliphatic carbocycles. The van der Waals surface area contributed by atoms with Crippen LogP contribution in [0.3, 0.4) is 0 Å². The van der Waals surface area contributed by atoms with Crippen LogP contribution in [-0.2, 0) is 19.4 Å². The number of amides is 1. The number of aromatic nitrogens is 1. The van der Waals surface area contributed by atoms with Crippen molar-refractivity contribution in [2.45, 2.75) is 59.5 Å². The highest BCUT2D eigenvalue weighted by atomic mass is 16.5. The van der Waals surface area contributed by atoms with Gasteiger partial charge in [0.05, 0.1) is 5.69 Å². The molecule has 2 aromatic carbocycles. The van der Waals surface area contributed by atoms with Gasteiger partial charge in [0.1, 0.15) is 12.4 Å². The van der Waals surface area contributed by atoms with Crippen LogP contribution in [0.4, 0.5) is 4.79 Å². The topological polar surface area (TPSA) is 79.7 Å². The molecule has 1 N–H and O–H groups in total. The molecule has 4 rings (SSSR count). The van der Waals surface area contributed by atoms with Gasteiger partial charge in [0.2, 0.25) is 0 Å². The van der Waals surface area contributed by atoms with E-state index < -0.39 is 6.09 Å².